The predicted molar refractivity (Wildman–Crippen MR) is 137 cm³/mol. The number of thioether (sulfide) groups is 1. The number of aromatic nitrogens is 4. The molecule has 2 bridgehead atoms. The molecule has 37 heavy (non-hydrogen) atoms. The average molecular weight is 522 g/mol. The Hall–Kier alpha value is -3.40. The van der Waals surface area contributed by atoms with Crippen LogP contribution in [-0.4, -0.2) is 37.3 Å². The molecule has 7 nitrogen and oxygen atoms in total. The zero-order valence-corrected chi connectivity index (χ0v) is 21.0. The zero-order chi connectivity index (χ0) is 25.7. The molecule has 0 unspecified atom stereocenters. The number of rotatable bonds is 6. The maximum absolute atomic E-state index is 14.0. The third-order valence-electron chi connectivity index (χ3n) is 7.75. The van der Waals surface area contributed by atoms with Crippen LogP contribution in [0.2, 0.25) is 0 Å². The van der Waals surface area contributed by atoms with Gasteiger partial charge in [-0.3, -0.25) is 9.59 Å². The standard InChI is InChI=1S/C27H25F2N5O2S/c1-2-19-15-3-4-16(11-15)23(19)31-22(35)13-37-27-30-21-12-18(29)9-10-20(21)25-32-26(36)24(33-34(25)27)14-5-7-17(28)8-6-14/h5-10,12,15-16,19,23H,2-4,11,13H2,1H3,(H,31,35)/t15-,16-,19+,23-/m0/s1. The zero-order valence-electron chi connectivity index (χ0n) is 20.2. The first kappa shape index (κ1) is 24.0. The van der Waals surface area contributed by atoms with Crippen LogP contribution in [0, 0.1) is 29.4 Å². The van der Waals surface area contributed by atoms with Gasteiger partial charge in [-0.15, -0.1) is 0 Å². The quantitative estimate of drug-likeness (QED) is 0.226. The van der Waals surface area contributed by atoms with Crippen molar-refractivity contribution in [1.29, 1.82) is 0 Å². The van der Waals surface area contributed by atoms with E-state index in [-0.39, 0.29) is 29.0 Å². The maximum atomic E-state index is 14.0. The molecular formula is C27H25F2N5O2S. The van der Waals surface area contributed by atoms with E-state index in [4.69, 9.17) is 0 Å². The lowest BCUT2D eigenvalue weighted by molar-refractivity contribution is -0.120. The predicted octanol–water partition coefficient (Wildman–Crippen LogP) is 4.62. The molecule has 2 aliphatic rings. The molecule has 2 aliphatic carbocycles. The van der Waals surface area contributed by atoms with Gasteiger partial charge in [0, 0.05) is 23.1 Å². The van der Waals surface area contributed by atoms with Crippen LogP contribution in [-0.2, 0) is 4.79 Å². The van der Waals surface area contributed by atoms with Crippen LogP contribution >= 0.6 is 11.8 Å². The van der Waals surface area contributed by atoms with Crippen LogP contribution < -0.4 is 10.9 Å². The van der Waals surface area contributed by atoms with E-state index in [0.29, 0.717) is 39.4 Å². The summed E-state index contributed by atoms with van der Waals surface area (Å²) in [6.07, 6.45) is 4.66. The summed E-state index contributed by atoms with van der Waals surface area (Å²) in [4.78, 5) is 34.6. The van der Waals surface area contributed by atoms with E-state index in [1.807, 2.05) is 0 Å². The Balaban J connectivity index is 1.35. The van der Waals surface area contributed by atoms with Gasteiger partial charge in [0.15, 0.2) is 16.5 Å². The highest BCUT2D eigenvalue weighted by molar-refractivity contribution is 7.99. The monoisotopic (exact) mass is 521 g/mol. The number of nitrogens with one attached hydrogen (secondary N) is 1. The van der Waals surface area contributed by atoms with E-state index < -0.39 is 17.2 Å². The first-order valence-electron chi connectivity index (χ1n) is 12.5. The molecule has 2 aromatic heterocycles. The number of carbonyl (C=O) groups is 1. The lowest BCUT2D eigenvalue weighted by Gasteiger charge is -2.31. The summed E-state index contributed by atoms with van der Waals surface area (Å²) in [5.41, 5.74) is 0.357. The van der Waals surface area contributed by atoms with Crippen molar-refractivity contribution in [3.05, 3.63) is 64.5 Å². The van der Waals surface area contributed by atoms with Crippen LogP contribution in [0.15, 0.2) is 52.4 Å². The molecule has 0 aliphatic heterocycles. The molecule has 6 rings (SSSR count). The summed E-state index contributed by atoms with van der Waals surface area (Å²) in [6, 6.07) is 9.63. The van der Waals surface area contributed by atoms with Gasteiger partial charge in [-0.25, -0.2) is 13.8 Å². The van der Waals surface area contributed by atoms with Crippen molar-refractivity contribution in [3.63, 3.8) is 0 Å². The Morgan fingerprint density at radius 2 is 1.84 bits per heavy atom. The van der Waals surface area contributed by atoms with Gasteiger partial charge in [0.25, 0.3) is 5.56 Å². The topological polar surface area (TPSA) is 89.2 Å². The van der Waals surface area contributed by atoms with E-state index in [1.165, 1.54) is 59.8 Å². The number of carbonyl (C=O) groups excluding carboxylic acids is 1. The van der Waals surface area contributed by atoms with Gasteiger partial charge in [-0.2, -0.15) is 14.6 Å². The van der Waals surface area contributed by atoms with Crippen molar-refractivity contribution >= 4 is 34.2 Å². The summed E-state index contributed by atoms with van der Waals surface area (Å²) in [5, 5.41) is 8.51. The highest BCUT2D eigenvalue weighted by atomic mass is 32.2. The first-order valence-corrected chi connectivity index (χ1v) is 13.5. The molecule has 4 aromatic rings. The third kappa shape index (κ3) is 4.37. The van der Waals surface area contributed by atoms with Crippen LogP contribution in [0.1, 0.15) is 32.6 Å². The van der Waals surface area contributed by atoms with Gasteiger partial charge in [-0.1, -0.05) is 25.1 Å². The fourth-order valence-corrected chi connectivity index (χ4v) is 6.85. The van der Waals surface area contributed by atoms with Gasteiger partial charge < -0.3 is 5.32 Å². The van der Waals surface area contributed by atoms with Crippen LogP contribution in [0.5, 0.6) is 0 Å². The molecule has 10 heteroatoms. The molecule has 0 spiro atoms. The minimum Gasteiger partial charge on any atom is -0.352 e. The summed E-state index contributed by atoms with van der Waals surface area (Å²) in [6.45, 7) is 2.18. The van der Waals surface area contributed by atoms with Crippen molar-refractivity contribution in [1.82, 2.24) is 24.9 Å². The molecule has 190 valence electrons. The van der Waals surface area contributed by atoms with Crippen LogP contribution in [0.3, 0.4) is 0 Å². The second-order valence-corrected chi connectivity index (χ2v) is 10.8. The Morgan fingerprint density at radius 3 is 2.62 bits per heavy atom. The van der Waals surface area contributed by atoms with E-state index in [1.54, 1.807) is 0 Å². The molecule has 0 saturated heterocycles. The van der Waals surface area contributed by atoms with Crippen molar-refractivity contribution in [2.45, 2.75) is 43.8 Å². The van der Waals surface area contributed by atoms with Gasteiger partial charge in [0.05, 0.1) is 11.3 Å². The first-order chi connectivity index (χ1) is 17.9. The molecule has 2 saturated carbocycles. The van der Waals surface area contributed by atoms with Gasteiger partial charge in [0.2, 0.25) is 5.91 Å². The van der Waals surface area contributed by atoms with Crippen molar-refractivity contribution in [3.8, 4) is 11.3 Å². The van der Waals surface area contributed by atoms with Crippen molar-refractivity contribution < 1.29 is 13.6 Å². The fraction of sp³-hybridized carbons (Fsp3) is 0.370. The third-order valence-corrected chi connectivity index (χ3v) is 8.68. The van der Waals surface area contributed by atoms with Crippen LogP contribution in [0.25, 0.3) is 27.8 Å². The Morgan fingerprint density at radius 1 is 1.08 bits per heavy atom. The largest absolute Gasteiger partial charge is 0.352 e. The number of halogens is 2. The number of fused-ring (bicyclic) bond motifs is 5. The summed E-state index contributed by atoms with van der Waals surface area (Å²) in [5.74, 6) is 0.847. The molecule has 2 fully saturated rings. The fourth-order valence-electron chi connectivity index (χ4n) is 6.09. The molecule has 4 atom stereocenters. The normalized spacial score (nSPS) is 22.7. The highest BCUT2D eigenvalue weighted by Gasteiger charge is 2.46. The lowest BCUT2D eigenvalue weighted by Crippen LogP contribution is -2.44. The van der Waals surface area contributed by atoms with Gasteiger partial charge >= 0.3 is 0 Å². The average Bonchev–Trinajstić information content (AvgIpc) is 3.49. The SMILES string of the molecule is CC[C@@H]1[C@H]2CC[C@@H](C2)[C@@H]1NC(=O)CSc1nc2cc(F)ccc2c2nc(=O)c(-c3ccc(F)cc3)nn12. The minimum absolute atomic E-state index is 0.0276. The van der Waals surface area contributed by atoms with Gasteiger partial charge in [-0.05, 0) is 73.4 Å². The maximum Gasteiger partial charge on any atom is 0.300 e. The molecule has 2 aromatic carbocycles. The smallest absolute Gasteiger partial charge is 0.300 e. The number of hydrogen-bond donors (Lipinski definition) is 1. The highest BCUT2D eigenvalue weighted by Crippen LogP contribution is 2.49. The Labute approximate surface area is 215 Å². The molecule has 1 amide bonds. The van der Waals surface area contributed by atoms with E-state index in [2.05, 4.69) is 27.3 Å². The van der Waals surface area contributed by atoms with E-state index >= 15 is 0 Å². The summed E-state index contributed by atoms with van der Waals surface area (Å²) in [7, 11) is 0. The van der Waals surface area contributed by atoms with Crippen LogP contribution in [0.4, 0.5) is 8.78 Å². The molecule has 0 radical (unpaired) electrons. The Bertz CT molecular complexity index is 1580. The molecule has 2 heterocycles. The summed E-state index contributed by atoms with van der Waals surface area (Å²) < 4.78 is 28.9. The van der Waals surface area contributed by atoms with E-state index in [0.717, 1.165) is 24.6 Å². The van der Waals surface area contributed by atoms with Gasteiger partial charge in [0.1, 0.15) is 11.6 Å². The summed E-state index contributed by atoms with van der Waals surface area (Å²) >= 11 is 1.16. The number of nitrogens with zero attached hydrogens (tertiary/aromatic N) is 4. The number of hydrogen-bond acceptors (Lipinski definition) is 6. The number of amides is 1. The second-order valence-electron chi connectivity index (χ2n) is 9.85. The second kappa shape index (κ2) is 9.48. The lowest BCUT2D eigenvalue weighted by atomic mass is 9.83. The van der Waals surface area contributed by atoms with Crippen molar-refractivity contribution in [2.75, 3.05) is 5.75 Å². The minimum atomic E-state index is -0.598. The van der Waals surface area contributed by atoms with Crippen molar-refractivity contribution in [2.24, 2.45) is 17.8 Å². The molecule has 1 N–H and O–H groups in total. The van der Waals surface area contributed by atoms with E-state index in [9.17, 15) is 18.4 Å². The number of benzene rings is 2. The Kier molecular flexibility index (Phi) is 6.14. The molecular weight excluding hydrogens is 496 g/mol.